The van der Waals surface area contributed by atoms with Gasteiger partial charge in [-0.1, -0.05) is 30.3 Å². The molecule has 0 unspecified atom stereocenters. The lowest BCUT2D eigenvalue weighted by atomic mass is 10.0. The van der Waals surface area contributed by atoms with E-state index in [2.05, 4.69) is 10.5 Å². The highest BCUT2D eigenvalue weighted by atomic mass is 16.6. The van der Waals surface area contributed by atoms with Crippen molar-refractivity contribution in [1.82, 2.24) is 0 Å². The molecule has 0 saturated carbocycles. The highest BCUT2D eigenvalue weighted by Crippen LogP contribution is 2.29. The number of nitrogens with zero attached hydrogens (tertiary/aromatic N) is 3. The predicted molar refractivity (Wildman–Crippen MR) is 115 cm³/mol. The van der Waals surface area contributed by atoms with Gasteiger partial charge in [0.1, 0.15) is 11.3 Å². The quantitative estimate of drug-likeness (QED) is 0.208. The summed E-state index contributed by atoms with van der Waals surface area (Å²) in [4.78, 5) is 20.7. The van der Waals surface area contributed by atoms with Crippen molar-refractivity contribution < 1.29 is 14.3 Å². The average molecular weight is 417 g/mol. The van der Waals surface area contributed by atoms with Gasteiger partial charge in [-0.25, -0.2) is 0 Å². The van der Waals surface area contributed by atoms with E-state index >= 15 is 0 Å². The van der Waals surface area contributed by atoms with E-state index in [4.69, 9.17) is 9.83 Å². The molecule has 0 amide bonds. The molecule has 154 valence electrons. The Morgan fingerprint density at radius 2 is 1.77 bits per heavy atom. The molecule has 3 aromatic carbocycles. The standard InChI is InChI=1S/C21H15N5O5/c1-12(23-24-18-8-7-14(25(27)28)10-19(18)26(29)30)16-11-17-15-5-3-2-4-13(15)6-9-20(17)31-21(16)22/h2-11,22,24H,1H3. The summed E-state index contributed by atoms with van der Waals surface area (Å²) in [5, 5.41) is 37.3. The van der Waals surface area contributed by atoms with Gasteiger partial charge in [-0.15, -0.1) is 0 Å². The van der Waals surface area contributed by atoms with Gasteiger partial charge in [0.25, 0.3) is 5.69 Å². The van der Waals surface area contributed by atoms with Gasteiger partial charge in [-0.3, -0.25) is 31.1 Å². The number of non-ortho nitro benzene ring substituents is 1. The van der Waals surface area contributed by atoms with Crippen LogP contribution >= 0.6 is 0 Å². The van der Waals surface area contributed by atoms with E-state index in [0.29, 0.717) is 16.9 Å². The van der Waals surface area contributed by atoms with Crippen LogP contribution in [-0.4, -0.2) is 15.6 Å². The Morgan fingerprint density at radius 3 is 2.52 bits per heavy atom. The first kappa shape index (κ1) is 19.7. The van der Waals surface area contributed by atoms with E-state index in [1.165, 1.54) is 6.07 Å². The number of nitro groups is 2. The lowest BCUT2D eigenvalue weighted by Gasteiger charge is -2.07. The van der Waals surface area contributed by atoms with Gasteiger partial charge >= 0.3 is 5.69 Å². The smallest absolute Gasteiger partial charge is 0.301 e. The fraction of sp³-hybridized carbons (Fsp3) is 0.0476. The van der Waals surface area contributed by atoms with Crippen LogP contribution in [0.4, 0.5) is 17.1 Å². The molecule has 4 rings (SSSR count). The van der Waals surface area contributed by atoms with Crippen LogP contribution in [0.1, 0.15) is 12.5 Å². The second-order valence-electron chi connectivity index (χ2n) is 6.71. The zero-order valence-corrected chi connectivity index (χ0v) is 16.2. The minimum absolute atomic E-state index is 0.00958. The Bertz CT molecular complexity index is 1460. The van der Waals surface area contributed by atoms with Crippen molar-refractivity contribution in [3.63, 3.8) is 0 Å². The Morgan fingerprint density at radius 1 is 1.00 bits per heavy atom. The minimum Gasteiger partial charge on any atom is -0.438 e. The van der Waals surface area contributed by atoms with Gasteiger partial charge < -0.3 is 4.42 Å². The van der Waals surface area contributed by atoms with Crippen LogP contribution in [0.3, 0.4) is 0 Å². The van der Waals surface area contributed by atoms with Crippen LogP contribution in [0, 0.1) is 25.6 Å². The number of anilines is 1. The van der Waals surface area contributed by atoms with Crippen molar-refractivity contribution in [2.45, 2.75) is 6.92 Å². The highest BCUT2D eigenvalue weighted by Gasteiger charge is 2.19. The average Bonchev–Trinajstić information content (AvgIpc) is 2.76. The molecular formula is C21H15N5O5. The van der Waals surface area contributed by atoms with Gasteiger partial charge in [0.2, 0.25) is 5.55 Å². The van der Waals surface area contributed by atoms with Gasteiger partial charge in [0, 0.05) is 11.5 Å². The fourth-order valence-corrected chi connectivity index (χ4v) is 3.24. The van der Waals surface area contributed by atoms with E-state index in [1.807, 2.05) is 30.3 Å². The first-order chi connectivity index (χ1) is 14.8. The van der Waals surface area contributed by atoms with Gasteiger partial charge in [0.05, 0.1) is 27.2 Å². The summed E-state index contributed by atoms with van der Waals surface area (Å²) in [6.07, 6.45) is 0. The van der Waals surface area contributed by atoms with Crippen LogP contribution in [0.25, 0.3) is 21.7 Å². The second-order valence-corrected chi connectivity index (χ2v) is 6.71. The molecule has 0 radical (unpaired) electrons. The van der Waals surface area contributed by atoms with Crippen molar-refractivity contribution in [2.24, 2.45) is 5.10 Å². The second kappa shape index (κ2) is 7.67. The summed E-state index contributed by atoms with van der Waals surface area (Å²) in [5.74, 6) is 0. The predicted octanol–water partition coefficient (Wildman–Crippen LogP) is 4.72. The molecule has 0 aliphatic carbocycles. The number of benzene rings is 3. The Hall–Kier alpha value is -4.60. The lowest BCUT2D eigenvalue weighted by molar-refractivity contribution is -0.393. The maximum absolute atomic E-state index is 11.3. The SMILES string of the molecule is CC(=NNc1ccc([N+](=O)[O-])cc1[N+](=O)[O-])c1cc2c(ccc3ccccc32)oc1=N. The molecule has 31 heavy (non-hydrogen) atoms. The number of nitro benzene ring substituents is 2. The number of rotatable bonds is 5. The third kappa shape index (κ3) is 3.69. The molecule has 10 nitrogen and oxygen atoms in total. The van der Waals surface area contributed by atoms with Gasteiger partial charge in [-0.05, 0) is 35.9 Å². The lowest BCUT2D eigenvalue weighted by Crippen LogP contribution is -2.13. The minimum atomic E-state index is -0.729. The van der Waals surface area contributed by atoms with E-state index in [9.17, 15) is 20.2 Å². The Balaban J connectivity index is 1.76. The molecule has 0 aliphatic rings. The van der Waals surface area contributed by atoms with E-state index in [1.54, 1.807) is 19.1 Å². The molecule has 4 aromatic rings. The summed E-state index contributed by atoms with van der Waals surface area (Å²) in [6.45, 7) is 1.63. The molecule has 0 atom stereocenters. The summed E-state index contributed by atoms with van der Waals surface area (Å²) >= 11 is 0. The number of hydrogen-bond acceptors (Lipinski definition) is 8. The monoisotopic (exact) mass is 417 g/mol. The summed E-state index contributed by atoms with van der Waals surface area (Å²) in [5.41, 5.74) is 2.89. The molecule has 0 bridgehead atoms. The Kier molecular flexibility index (Phi) is 4.88. The van der Waals surface area contributed by atoms with Gasteiger partial charge in [0.15, 0.2) is 0 Å². The fourth-order valence-electron chi connectivity index (χ4n) is 3.24. The summed E-state index contributed by atoms with van der Waals surface area (Å²) in [7, 11) is 0. The topological polar surface area (TPSA) is 148 Å². The molecule has 0 aliphatic heterocycles. The van der Waals surface area contributed by atoms with Crippen LogP contribution < -0.4 is 11.0 Å². The van der Waals surface area contributed by atoms with Gasteiger partial charge in [-0.2, -0.15) is 5.10 Å². The third-order valence-corrected chi connectivity index (χ3v) is 4.80. The first-order valence-corrected chi connectivity index (χ1v) is 9.09. The third-order valence-electron chi connectivity index (χ3n) is 4.80. The van der Waals surface area contributed by atoms with Crippen molar-refractivity contribution in [3.8, 4) is 0 Å². The van der Waals surface area contributed by atoms with Crippen molar-refractivity contribution in [3.05, 3.63) is 92.0 Å². The maximum Gasteiger partial charge on any atom is 0.301 e. The van der Waals surface area contributed by atoms with E-state index < -0.39 is 21.2 Å². The highest BCUT2D eigenvalue weighted by molar-refractivity contribution is 6.08. The summed E-state index contributed by atoms with van der Waals surface area (Å²) in [6, 6.07) is 16.5. The first-order valence-electron chi connectivity index (χ1n) is 9.09. The van der Waals surface area contributed by atoms with E-state index in [0.717, 1.165) is 28.3 Å². The van der Waals surface area contributed by atoms with Crippen molar-refractivity contribution >= 4 is 44.5 Å². The zero-order chi connectivity index (χ0) is 22.1. The molecule has 1 aromatic heterocycles. The van der Waals surface area contributed by atoms with Crippen molar-refractivity contribution in [1.29, 1.82) is 5.41 Å². The number of hydrogen-bond donors (Lipinski definition) is 2. The number of hydrazone groups is 1. The molecule has 10 heteroatoms. The van der Waals surface area contributed by atoms with Crippen LogP contribution in [0.2, 0.25) is 0 Å². The maximum atomic E-state index is 11.3. The van der Waals surface area contributed by atoms with Crippen LogP contribution in [0.15, 0.2) is 70.2 Å². The Labute approximate surface area is 174 Å². The molecule has 1 heterocycles. The van der Waals surface area contributed by atoms with E-state index in [-0.39, 0.29) is 11.2 Å². The molecule has 2 N–H and O–H groups in total. The largest absolute Gasteiger partial charge is 0.438 e. The summed E-state index contributed by atoms with van der Waals surface area (Å²) < 4.78 is 5.65. The number of nitrogens with one attached hydrogen (secondary N) is 2. The molecule has 0 fully saturated rings. The normalized spacial score (nSPS) is 11.6. The molecule has 0 saturated heterocycles. The van der Waals surface area contributed by atoms with Crippen molar-refractivity contribution in [2.75, 3.05) is 5.43 Å². The molecular weight excluding hydrogens is 402 g/mol. The molecule has 0 spiro atoms. The van der Waals surface area contributed by atoms with Crippen LogP contribution in [0.5, 0.6) is 0 Å². The van der Waals surface area contributed by atoms with Crippen LogP contribution in [-0.2, 0) is 0 Å². The number of fused-ring (bicyclic) bond motifs is 3. The zero-order valence-electron chi connectivity index (χ0n) is 16.2.